The van der Waals surface area contributed by atoms with Crippen molar-refractivity contribution in [1.29, 1.82) is 0 Å². The highest BCUT2D eigenvalue weighted by atomic mass is 16.3. The number of fused-ring (bicyclic) bond motifs is 4. The standard InChI is InChI=1S/C22H31NO3/c1-21(2)19-13-16-17(5-4-6-18(16)25)22(21,3)11-12-23(19)20(26)14-7-9-15(24)10-8-14/h4-6,14-15,19,24-25H,7-13H2,1-3H3/t14?,15?,19-,22+/m1/s1. The molecule has 1 heterocycles. The number of piperidine rings is 1. The number of hydrogen-bond donors (Lipinski definition) is 2. The summed E-state index contributed by atoms with van der Waals surface area (Å²) in [6, 6.07) is 5.99. The predicted molar refractivity (Wildman–Crippen MR) is 101 cm³/mol. The molecule has 142 valence electrons. The third-order valence-corrected chi connectivity index (χ3v) is 7.96. The van der Waals surface area contributed by atoms with Gasteiger partial charge >= 0.3 is 0 Å². The second-order valence-corrected chi connectivity index (χ2v) is 9.36. The quantitative estimate of drug-likeness (QED) is 0.810. The highest BCUT2D eigenvalue weighted by Crippen LogP contribution is 2.57. The number of aliphatic hydroxyl groups is 1. The van der Waals surface area contributed by atoms with E-state index in [1.54, 1.807) is 6.07 Å². The van der Waals surface area contributed by atoms with Crippen molar-refractivity contribution in [2.75, 3.05) is 6.54 Å². The molecule has 4 heteroatoms. The molecule has 1 aromatic rings. The molecule has 3 aliphatic rings. The number of carbonyl (C=O) groups is 1. The lowest BCUT2D eigenvalue weighted by Gasteiger charge is -2.61. The van der Waals surface area contributed by atoms with Crippen LogP contribution in [0.3, 0.4) is 0 Å². The Morgan fingerprint density at radius 1 is 1.15 bits per heavy atom. The third-order valence-electron chi connectivity index (χ3n) is 7.96. The minimum absolute atomic E-state index is 0.0382. The summed E-state index contributed by atoms with van der Waals surface area (Å²) in [7, 11) is 0. The van der Waals surface area contributed by atoms with E-state index in [9.17, 15) is 15.0 Å². The number of amides is 1. The molecular formula is C22H31NO3. The number of hydrogen-bond acceptors (Lipinski definition) is 3. The summed E-state index contributed by atoms with van der Waals surface area (Å²) in [6.07, 6.45) is 4.48. The van der Waals surface area contributed by atoms with Crippen LogP contribution in [-0.4, -0.2) is 39.7 Å². The van der Waals surface area contributed by atoms with Gasteiger partial charge in [-0.2, -0.15) is 0 Å². The Hall–Kier alpha value is -1.55. The summed E-state index contributed by atoms with van der Waals surface area (Å²) in [6.45, 7) is 7.66. The average molecular weight is 357 g/mol. The van der Waals surface area contributed by atoms with Gasteiger partial charge in [0.25, 0.3) is 0 Å². The normalized spacial score (nSPS) is 35.7. The molecule has 2 atom stereocenters. The van der Waals surface area contributed by atoms with Crippen LogP contribution in [0.15, 0.2) is 18.2 Å². The Morgan fingerprint density at radius 2 is 1.85 bits per heavy atom. The zero-order chi connectivity index (χ0) is 18.7. The van der Waals surface area contributed by atoms with Gasteiger partial charge in [0.15, 0.2) is 0 Å². The first kappa shape index (κ1) is 17.8. The summed E-state index contributed by atoms with van der Waals surface area (Å²) in [4.78, 5) is 15.4. The zero-order valence-electron chi connectivity index (χ0n) is 16.2. The Labute approximate surface area is 156 Å². The lowest BCUT2D eigenvalue weighted by atomic mass is 9.51. The molecule has 0 radical (unpaired) electrons. The van der Waals surface area contributed by atoms with Crippen LogP contribution in [0.4, 0.5) is 0 Å². The molecular weight excluding hydrogens is 326 g/mol. The molecule has 2 bridgehead atoms. The Kier molecular flexibility index (Phi) is 4.11. The highest BCUT2D eigenvalue weighted by molar-refractivity contribution is 5.80. The predicted octanol–water partition coefficient (Wildman–Crippen LogP) is 3.38. The van der Waals surface area contributed by atoms with Crippen molar-refractivity contribution in [2.24, 2.45) is 11.3 Å². The van der Waals surface area contributed by atoms with Crippen molar-refractivity contribution >= 4 is 5.91 Å². The maximum atomic E-state index is 13.3. The van der Waals surface area contributed by atoms with E-state index < -0.39 is 0 Å². The van der Waals surface area contributed by atoms with Crippen LogP contribution < -0.4 is 0 Å². The first-order valence-electron chi connectivity index (χ1n) is 10.1. The van der Waals surface area contributed by atoms with Gasteiger partial charge in [-0.3, -0.25) is 4.79 Å². The minimum atomic E-state index is -0.237. The molecule has 2 fully saturated rings. The fraction of sp³-hybridized carbons (Fsp3) is 0.682. The summed E-state index contributed by atoms with van der Waals surface area (Å²) < 4.78 is 0. The van der Waals surface area contributed by atoms with Crippen molar-refractivity contribution in [3.05, 3.63) is 29.3 Å². The van der Waals surface area contributed by atoms with E-state index in [0.717, 1.165) is 50.6 Å². The molecule has 0 aromatic heterocycles. The van der Waals surface area contributed by atoms with Gasteiger partial charge in [-0.25, -0.2) is 0 Å². The summed E-state index contributed by atoms with van der Waals surface area (Å²) in [5.74, 6) is 0.671. The van der Waals surface area contributed by atoms with Crippen LogP contribution in [0.2, 0.25) is 0 Å². The fourth-order valence-electron chi connectivity index (χ4n) is 5.75. The number of aromatic hydroxyl groups is 1. The van der Waals surface area contributed by atoms with Gasteiger partial charge < -0.3 is 15.1 Å². The number of aliphatic hydroxyl groups excluding tert-OH is 1. The molecule has 26 heavy (non-hydrogen) atoms. The molecule has 1 aliphatic heterocycles. The number of likely N-dealkylation sites (tertiary alicyclic amines) is 1. The van der Waals surface area contributed by atoms with E-state index in [4.69, 9.17) is 0 Å². The van der Waals surface area contributed by atoms with Gasteiger partial charge in [0, 0.05) is 23.9 Å². The highest BCUT2D eigenvalue weighted by Gasteiger charge is 2.57. The van der Waals surface area contributed by atoms with Gasteiger partial charge in [0.2, 0.25) is 5.91 Å². The smallest absolute Gasteiger partial charge is 0.225 e. The lowest BCUT2D eigenvalue weighted by molar-refractivity contribution is -0.149. The fourth-order valence-corrected chi connectivity index (χ4v) is 5.75. The number of carbonyl (C=O) groups excluding carboxylic acids is 1. The largest absolute Gasteiger partial charge is 0.508 e. The Balaban J connectivity index is 1.68. The molecule has 0 unspecified atom stereocenters. The van der Waals surface area contributed by atoms with Gasteiger partial charge in [0.1, 0.15) is 5.75 Å². The van der Waals surface area contributed by atoms with Crippen LogP contribution in [0.25, 0.3) is 0 Å². The van der Waals surface area contributed by atoms with E-state index in [-0.39, 0.29) is 34.8 Å². The summed E-state index contributed by atoms with van der Waals surface area (Å²) >= 11 is 0. The number of rotatable bonds is 1. The second kappa shape index (κ2) is 5.98. The summed E-state index contributed by atoms with van der Waals surface area (Å²) in [5, 5.41) is 20.2. The molecule has 1 aromatic carbocycles. The average Bonchev–Trinajstić information content (AvgIpc) is 2.59. The number of phenols is 1. The molecule has 4 nitrogen and oxygen atoms in total. The molecule has 4 rings (SSSR count). The van der Waals surface area contributed by atoms with Gasteiger partial charge in [-0.1, -0.05) is 32.9 Å². The zero-order valence-corrected chi connectivity index (χ0v) is 16.2. The van der Waals surface area contributed by atoms with Gasteiger partial charge in [-0.05, 0) is 61.1 Å². The van der Waals surface area contributed by atoms with Crippen LogP contribution in [0.1, 0.15) is 64.0 Å². The van der Waals surface area contributed by atoms with E-state index >= 15 is 0 Å². The van der Waals surface area contributed by atoms with E-state index in [1.165, 1.54) is 5.56 Å². The SMILES string of the molecule is CC1(C)[C@H]2Cc3c(O)cccc3[C@]1(C)CCN2C(=O)C1CCC(O)CC1. The number of nitrogens with zero attached hydrogens (tertiary/aromatic N) is 1. The van der Waals surface area contributed by atoms with E-state index in [1.807, 2.05) is 6.07 Å². The Bertz CT molecular complexity index is 720. The van der Waals surface area contributed by atoms with Gasteiger partial charge in [-0.15, -0.1) is 0 Å². The first-order chi connectivity index (χ1) is 12.3. The second-order valence-electron chi connectivity index (χ2n) is 9.36. The Morgan fingerprint density at radius 3 is 2.54 bits per heavy atom. The van der Waals surface area contributed by atoms with Crippen molar-refractivity contribution in [3.63, 3.8) is 0 Å². The molecule has 1 saturated heterocycles. The van der Waals surface area contributed by atoms with Crippen molar-refractivity contribution in [1.82, 2.24) is 4.90 Å². The van der Waals surface area contributed by atoms with Crippen LogP contribution in [0.5, 0.6) is 5.75 Å². The molecule has 1 saturated carbocycles. The molecule has 1 amide bonds. The van der Waals surface area contributed by atoms with Crippen LogP contribution >= 0.6 is 0 Å². The van der Waals surface area contributed by atoms with E-state index in [2.05, 4.69) is 31.7 Å². The van der Waals surface area contributed by atoms with Crippen LogP contribution in [0, 0.1) is 11.3 Å². The maximum absolute atomic E-state index is 13.3. The first-order valence-corrected chi connectivity index (χ1v) is 10.1. The number of phenolic OH excluding ortho intramolecular Hbond substituents is 1. The third kappa shape index (κ3) is 2.41. The van der Waals surface area contributed by atoms with Crippen LogP contribution in [-0.2, 0) is 16.6 Å². The van der Waals surface area contributed by atoms with E-state index in [0.29, 0.717) is 5.75 Å². The lowest BCUT2D eigenvalue weighted by Crippen LogP contribution is -2.65. The monoisotopic (exact) mass is 357 g/mol. The maximum Gasteiger partial charge on any atom is 0.225 e. The van der Waals surface area contributed by atoms with Crippen molar-refractivity contribution in [2.45, 2.75) is 76.9 Å². The number of benzene rings is 1. The van der Waals surface area contributed by atoms with Crippen molar-refractivity contribution in [3.8, 4) is 5.75 Å². The molecule has 0 spiro atoms. The molecule has 2 aliphatic carbocycles. The van der Waals surface area contributed by atoms with Crippen molar-refractivity contribution < 1.29 is 15.0 Å². The minimum Gasteiger partial charge on any atom is -0.508 e. The topological polar surface area (TPSA) is 60.8 Å². The molecule has 2 N–H and O–H groups in total. The van der Waals surface area contributed by atoms with Gasteiger partial charge in [0.05, 0.1) is 6.10 Å². The summed E-state index contributed by atoms with van der Waals surface area (Å²) in [5.41, 5.74) is 2.20.